The van der Waals surface area contributed by atoms with Gasteiger partial charge in [-0.1, -0.05) is 80.4 Å². The number of unbranched alkanes of at least 4 members (excludes halogenated alkanes) is 1. The molecule has 0 N–H and O–H groups in total. The van der Waals surface area contributed by atoms with Crippen molar-refractivity contribution in [3.8, 4) is 0 Å². The third kappa shape index (κ3) is 3.39. The molecule has 0 spiro atoms. The van der Waals surface area contributed by atoms with Crippen LogP contribution < -0.4 is 0 Å². The van der Waals surface area contributed by atoms with Gasteiger partial charge in [0.1, 0.15) is 0 Å². The third-order valence-electron chi connectivity index (χ3n) is 5.17. The highest BCUT2D eigenvalue weighted by molar-refractivity contribution is 5.83. The van der Waals surface area contributed by atoms with Gasteiger partial charge in [-0.3, -0.25) is 0 Å². The number of hydrogen-bond acceptors (Lipinski definition) is 1. The van der Waals surface area contributed by atoms with Gasteiger partial charge in [-0.25, -0.2) is 4.79 Å². The highest BCUT2D eigenvalue weighted by atomic mass is 16.2. The molecule has 2 amide bonds. The van der Waals surface area contributed by atoms with Crippen molar-refractivity contribution in [2.45, 2.75) is 31.7 Å². The number of nitrogens with zero attached hydrogens (tertiary/aromatic N) is 2. The van der Waals surface area contributed by atoms with E-state index in [1.54, 1.807) is 4.90 Å². The maximum atomic E-state index is 13.1. The van der Waals surface area contributed by atoms with E-state index in [0.29, 0.717) is 6.54 Å². The molecule has 0 bridgehead atoms. The van der Waals surface area contributed by atoms with Crippen molar-refractivity contribution in [3.05, 3.63) is 77.9 Å². The number of carbonyl (C=O) groups is 1. The summed E-state index contributed by atoms with van der Waals surface area (Å²) in [5, 5.41) is 0. The lowest BCUT2D eigenvalue weighted by atomic mass is 9.84. The Morgan fingerprint density at radius 2 is 1.65 bits per heavy atom. The van der Waals surface area contributed by atoms with Crippen LogP contribution in [0.15, 0.2) is 66.7 Å². The molecule has 1 unspecified atom stereocenters. The van der Waals surface area contributed by atoms with E-state index in [1.807, 2.05) is 31.1 Å². The lowest BCUT2D eigenvalue weighted by Gasteiger charge is -2.40. The number of urea groups is 1. The average molecular weight is 348 g/mol. The molecule has 1 atom stereocenters. The maximum Gasteiger partial charge on any atom is 0.320 e. The van der Waals surface area contributed by atoms with Crippen molar-refractivity contribution in [1.82, 2.24) is 9.80 Å². The highest BCUT2D eigenvalue weighted by Gasteiger charge is 2.44. The summed E-state index contributed by atoms with van der Waals surface area (Å²) in [6, 6.07) is 20.9. The SMILES string of the molecule is CCCCC1(c2ccccc2)C=C(c2ccccc2)CN1C(=O)N(C)C. The summed E-state index contributed by atoms with van der Waals surface area (Å²) in [5.74, 6) is 0. The predicted octanol–water partition coefficient (Wildman–Crippen LogP) is 5.15. The molecule has 2 aromatic carbocycles. The van der Waals surface area contributed by atoms with E-state index in [-0.39, 0.29) is 11.6 Å². The normalized spacial score (nSPS) is 19.3. The molecular formula is C23H28N2O. The van der Waals surface area contributed by atoms with E-state index >= 15 is 0 Å². The fourth-order valence-electron chi connectivity index (χ4n) is 3.79. The summed E-state index contributed by atoms with van der Waals surface area (Å²) >= 11 is 0. The van der Waals surface area contributed by atoms with Crippen LogP contribution in [-0.4, -0.2) is 36.5 Å². The van der Waals surface area contributed by atoms with E-state index in [4.69, 9.17) is 0 Å². The topological polar surface area (TPSA) is 23.6 Å². The molecule has 3 heteroatoms. The first-order chi connectivity index (χ1) is 12.6. The van der Waals surface area contributed by atoms with Crippen molar-refractivity contribution in [1.29, 1.82) is 0 Å². The zero-order valence-electron chi connectivity index (χ0n) is 16.0. The van der Waals surface area contributed by atoms with Crippen LogP contribution in [0.5, 0.6) is 0 Å². The number of carbonyl (C=O) groups excluding carboxylic acids is 1. The predicted molar refractivity (Wildman–Crippen MR) is 108 cm³/mol. The van der Waals surface area contributed by atoms with Crippen molar-refractivity contribution in [3.63, 3.8) is 0 Å². The van der Waals surface area contributed by atoms with Gasteiger partial charge in [0.25, 0.3) is 0 Å². The van der Waals surface area contributed by atoms with Gasteiger partial charge in [0, 0.05) is 20.6 Å². The monoisotopic (exact) mass is 348 g/mol. The quantitative estimate of drug-likeness (QED) is 0.733. The Balaban J connectivity index is 2.13. The first kappa shape index (κ1) is 18.2. The van der Waals surface area contributed by atoms with Crippen LogP contribution in [-0.2, 0) is 5.54 Å². The molecule has 0 saturated carbocycles. The maximum absolute atomic E-state index is 13.1. The summed E-state index contributed by atoms with van der Waals surface area (Å²) in [4.78, 5) is 16.8. The van der Waals surface area contributed by atoms with Crippen LogP contribution >= 0.6 is 0 Å². The van der Waals surface area contributed by atoms with E-state index in [9.17, 15) is 4.79 Å². The minimum absolute atomic E-state index is 0.0622. The number of amides is 2. The zero-order valence-corrected chi connectivity index (χ0v) is 16.0. The summed E-state index contributed by atoms with van der Waals surface area (Å²) in [6.45, 7) is 2.84. The fraction of sp³-hybridized carbons (Fsp3) is 0.348. The smallest absolute Gasteiger partial charge is 0.320 e. The molecular weight excluding hydrogens is 320 g/mol. The van der Waals surface area contributed by atoms with Crippen molar-refractivity contribution in [2.75, 3.05) is 20.6 Å². The van der Waals surface area contributed by atoms with Gasteiger partial charge < -0.3 is 9.80 Å². The number of rotatable bonds is 5. The Labute approximate surface area is 156 Å². The summed E-state index contributed by atoms with van der Waals surface area (Å²) < 4.78 is 0. The molecule has 3 nitrogen and oxygen atoms in total. The fourth-order valence-corrected chi connectivity index (χ4v) is 3.79. The van der Waals surface area contributed by atoms with Crippen LogP contribution in [0.3, 0.4) is 0 Å². The van der Waals surface area contributed by atoms with Crippen LogP contribution in [0.2, 0.25) is 0 Å². The Bertz CT molecular complexity index is 767. The van der Waals surface area contributed by atoms with E-state index < -0.39 is 0 Å². The third-order valence-corrected chi connectivity index (χ3v) is 5.17. The molecule has 0 aromatic heterocycles. The first-order valence-electron chi connectivity index (χ1n) is 9.40. The van der Waals surface area contributed by atoms with Crippen molar-refractivity contribution < 1.29 is 4.79 Å². The van der Waals surface area contributed by atoms with Gasteiger partial charge in [-0.05, 0) is 29.2 Å². The van der Waals surface area contributed by atoms with Gasteiger partial charge in [-0.2, -0.15) is 0 Å². The molecule has 0 saturated heterocycles. The van der Waals surface area contributed by atoms with Gasteiger partial charge in [0.15, 0.2) is 0 Å². The minimum Gasteiger partial charge on any atom is -0.331 e. The number of benzene rings is 2. The molecule has 2 aromatic rings. The second-order valence-electron chi connectivity index (χ2n) is 7.19. The summed E-state index contributed by atoms with van der Waals surface area (Å²) in [7, 11) is 3.66. The van der Waals surface area contributed by atoms with Crippen LogP contribution in [0.25, 0.3) is 5.57 Å². The molecule has 1 heterocycles. The molecule has 0 fully saturated rings. The standard InChI is InChI=1S/C23H28N2O/c1-4-5-16-23(21-14-10-7-11-15-21)17-20(19-12-8-6-9-13-19)18-25(23)22(26)24(2)3/h6-15,17H,4-5,16,18H2,1-3H3. The van der Waals surface area contributed by atoms with E-state index in [2.05, 4.69) is 61.5 Å². The Hall–Kier alpha value is -2.55. The first-order valence-corrected chi connectivity index (χ1v) is 9.40. The molecule has 26 heavy (non-hydrogen) atoms. The second kappa shape index (κ2) is 7.77. The average Bonchev–Trinajstić information content (AvgIpc) is 3.08. The van der Waals surface area contributed by atoms with Crippen LogP contribution in [0.1, 0.15) is 37.3 Å². The Morgan fingerprint density at radius 3 is 2.23 bits per heavy atom. The molecule has 1 aliphatic rings. The minimum atomic E-state index is -0.385. The van der Waals surface area contributed by atoms with E-state index in [1.165, 1.54) is 16.7 Å². The van der Waals surface area contributed by atoms with E-state index in [0.717, 1.165) is 19.3 Å². The Morgan fingerprint density at radius 1 is 1.04 bits per heavy atom. The summed E-state index contributed by atoms with van der Waals surface area (Å²) in [6.07, 6.45) is 5.44. The lowest BCUT2D eigenvalue weighted by Crippen LogP contribution is -2.49. The Kier molecular flexibility index (Phi) is 5.46. The second-order valence-corrected chi connectivity index (χ2v) is 7.19. The van der Waals surface area contributed by atoms with Gasteiger partial charge >= 0.3 is 6.03 Å². The van der Waals surface area contributed by atoms with Crippen LogP contribution in [0.4, 0.5) is 4.79 Å². The molecule has 136 valence electrons. The highest BCUT2D eigenvalue weighted by Crippen LogP contribution is 2.44. The van der Waals surface area contributed by atoms with Gasteiger partial charge in [0.05, 0.1) is 5.54 Å². The zero-order chi connectivity index (χ0) is 18.6. The molecule has 1 aliphatic heterocycles. The molecule has 0 aliphatic carbocycles. The molecule has 0 radical (unpaired) electrons. The number of hydrogen-bond donors (Lipinski definition) is 0. The lowest BCUT2D eigenvalue weighted by molar-refractivity contribution is 0.130. The van der Waals surface area contributed by atoms with Crippen LogP contribution in [0, 0.1) is 0 Å². The molecule has 3 rings (SSSR count). The summed E-state index contributed by atoms with van der Waals surface area (Å²) in [5.41, 5.74) is 3.22. The largest absolute Gasteiger partial charge is 0.331 e. The van der Waals surface area contributed by atoms with Gasteiger partial charge in [-0.15, -0.1) is 0 Å². The van der Waals surface area contributed by atoms with Gasteiger partial charge in [0.2, 0.25) is 0 Å². The van der Waals surface area contributed by atoms with Crippen molar-refractivity contribution in [2.24, 2.45) is 0 Å². The van der Waals surface area contributed by atoms with Crippen molar-refractivity contribution >= 4 is 11.6 Å².